The summed E-state index contributed by atoms with van der Waals surface area (Å²) >= 11 is 0. The molecular weight excluding hydrogens is 242 g/mol. The Morgan fingerprint density at radius 1 is 1.29 bits per heavy atom. The molecule has 1 aliphatic heterocycles. The van der Waals surface area contributed by atoms with Crippen molar-refractivity contribution in [1.82, 2.24) is 0 Å². The number of benzene rings is 1. The Morgan fingerprint density at radius 3 is 2.53 bits per heavy atom. The van der Waals surface area contributed by atoms with Crippen LogP contribution in [0.3, 0.4) is 0 Å². The van der Waals surface area contributed by atoms with Gasteiger partial charge in [-0.3, -0.25) is 4.79 Å². The molecule has 1 amide bonds. The number of rotatable bonds is 1. The van der Waals surface area contributed by atoms with Crippen molar-refractivity contribution >= 4 is 11.6 Å². The molecule has 17 heavy (non-hydrogen) atoms. The fraction of sp³-hybridized carbons (Fsp3) is 0.300. The van der Waals surface area contributed by atoms with E-state index in [1.807, 2.05) is 0 Å². The van der Waals surface area contributed by atoms with Gasteiger partial charge in [-0.25, -0.2) is 0 Å². The normalized spacial score (nSPS) is 19.4. The predicted octanol–water partition coefficient (Wildman–Crippen LogP) is 2.72. The molecule has 3 nitrogen and oxygen atoms in total. The topological polar surface area (TPSA) is 38.3 Å². The van der Waals surface area contributed by atoms with E-state index in [2.05, 4.69) is 10.1 Å². The van der Waals surface area contributed by atoms with Gasteiger partial charge < -0.3 is 10.1 Å². The molecule has 0 spiro atoms. The van der Waals surface area contributed by atoms with E-state index < -0.39 is 29.3 Å². The number of halogens is 4. The summed E-state index contributed by atoms with van der Waals surface area (Å²) in [6.07, 6.45) is -4.61. The molecule has 1 N–H and O–H groups in total. The molecule has 1 heterocycles. The first-order valence-corrected chi connectivity index (χ1v) is 4.61. The van der Waals surface area contributed by atoms with Crippen LogP contribution in [-0.4, -0.2) is 12.0 Å². The molecule has 0 fully saturated rings. The Kier molecular flexibility index (Phi) is 2.30. The first kappa shape index (κ1) is 11.7. The maximum Gasteiger partial charge on any atom is 0.469 e. The molecule has 0 bridgehead atoms. The number of para-hydroxylation sites is 1. The second-order valence-electron chi connectivity index (χ2n) is 3.56. The summed E-state index contributed by atoms with van der Waals surface area (Å²) in [5.74, 6) is -5.67. The molecular formula is C10H7F4NO2. The lowest BCUT2D eigenvalue weighted by molar-refractivity contribution is -0.296. The van der Waals surface area contributed by atoms with Gasteiger partial charge in [-0.2, -0.15) is 17.6 Å². The van der Waals surface area contributed by atoms with Crippen LogP contribution in [0.25, 0.3) is 0 Å². The minimum atomic E-state index is -4.61. The Balaban J connectivity index is 2.54. The van der Waals surface area contributed by atoms with Gasteiger partial charge in [-0.05, 0) is 12.1 Å². The van der Waals surface area contributed by atoms with E-state index in [4.69, 9.17) is 0 Å². The average Bonchev–Trinajstić information content (AvgIpc) is 2.36. The molecule has 0 atom stereocenters. The highest BCUT2D eigenvalue weighted by Crippen LogP contribution is 2.55. The lowest BCUT2D eigenvalue weighted by atomic mass is 10.1. The highest BCUT2D eigenvalue weighted by molar-refractivity contribution is 5.91. The molecule has 1 aromatic rings. The van der Waals surface area contributed by atoms with Crippen molar-refractivity contribution in [2.45, 2.75) is 19.0 Å². The third kappa shape index (κ3) is 1.62. The van der Waals surface area contributed by atoms with Gasteiger partial charge in [0.25, 0.3) is 0 Å². The number of hydrogen-bond donors (Lipinski definition) is 1. The van der Waals surface area contributed by atoms with Crippen molar-refractivity contribution in [2.75, 3.05) is 5.32 Å². The quantitative estimate of drug-likeness (QED) is 0.777. The van der Waals surface area contributed by atoms with E-state index in [1.54, 1.807) is 0 Å². The van der Waals surface area contributed by atoms with E-state index in [1.165, 1.54) is 6.07 Å². The van der Waals surface area contributed by atoms with E-state index in [0.29, 0.717) is 0 Å². The summed E-state index contributed by atoms with van der Waals surface area (Å²) < 4.78 is 56.3. The lowest BCUT2D eigenvalue weighted by Crippen LogP contribution is -2.36. The minimum absolute atomic E-state index is 0.202. The van der Waals surface area contributed by atoms with E-state index in [-0.39, 0.29) is 5.69 Å². The molecule has 92 valence electrons. The van der Waals surface area contributed by atoms with Gasteiger partial charge in [0.05, 0.1) is 11.3 Å². The molecule has 0 saturated heterocycles. The van der Waals surface area contributed by atoms with Crippen molar-refractivity contribution in [2.24, 2.45) is 0 Å². The second kappa shape index (κ2) is 3.35. The fourth-order valence-corrected chi connectivity index (χ4v) is 1.53. The van der Waals surface area contributed by atoms with Crippen LogP contribution in [0.5, 0.6) is 5.75 Å². The summed E-state index contributed by atoms with van der Waals surface area (Å²) in [7, 11) is 0. The number of ether oxygens (including phenoxy) is 1. The van der Waals surface area contributed by atoms with Gasteiger partial charge >= 0.3 is 12.0 Å². The van der Waals surface area contributed by atoms with Gasteiger partial charge in [0.15, 0.2) is 5.75 Å². The van der Waals surface area contributed by atoms with Crippen molar-refractivity contribution in [1.29, 1.82) is 0 Å². The maximum atomic E-state index is 13.2. The Bertz CT molecular complexity index is 487. The lowest BCUT2D eigenvalue weighted by Gasteiger charge is -2.15. The highest BCUT2D eigenvalue weighted by atomic mass is 19.3. The molecule has 0 aromatic heterocycles. The molecule has 2 rings (SSSR count). The van der Waals surface area contributed by atoms with Crippen LogP contribution in [0.15, 0.2) is 18.2 Å². The van der Waals surface area contributed by atoms with Gasteiger partial charge in [0.1, 0.15) is 0 Å². The summed E-state index contributed by atoms with van der Waals surface area (Å²) in [4.78, 5) is 10.8. The monoisotopic (exact) mass is 249 g/mol. The molecule has 1 aromatic carbocycles. The predicted molar refractivity (Wildman–Crippen MR) is 50.2 cm³/mol. The Hall–Kier alpha value is -1.79. The van der Waals surface area contributed by atoms with Crippen LogP contribution in [0, 0.1) is 0 Å². The number of alkyl halides is 4. The van der Waals surface area contributed by atoms with Crippen molar-refractivity contribution in [3.05, 3.63) is 23.8 Å². The summed E-state index contributed by atoms with van der Waals surface area (Å²) in [6.45, 7) is 1.13. The summed E-state index contributed by atoms with van der Waals surface area (Å²) in [5.41, 5.74) is -1.14. The third-order valence-electron chi connectivity index (χ3n) is 2.26. The summed E-state index contributed by atoms with van der Waals surface area (Å²) in [6, 6.07) is 3.18. The van der Waals surface area contributed by atoms with Gasteiger partial charge in [0, 0.05) is 6.92 Å². The van der Waals surface area contributed by atoms with E-state index >= 15 is 0 Å². The van der Waals surface area contributed by atoms with Crippen LogP contribution < -0.4 is 10.1 Å². The molecule has 1 aliphatic rings. The number of hydrogen-bond acceptors (Lipinski definition) is 2. The van der Waals surface area contributed by atoms with Gasteiger partial charge in [0.2, 0.25) is 5.91 Å². The first-order chi connectivity index (χ1) is 7.75. The smallest absolute Gasteiger partial charge is 0.425 e. The number of carbonyl (C=O) groups excluding carboxylic acids is 1. The number of nitrogens with one attached hydrogen (secondary N) is 1. The van der Waals surface area contributed by atoms with Crippen LogP contribution in [0.1, 0.15) is 12.5 Å². The fourth-order valence-electron chi connectivity index (χ4n) is 1.53. The average molecular weight is 249 g/mol. The number of carbonyl (C=O) groups is 1. The number of amides is 1. The zero-order valence-electron chi connectivity index (χ0n) is 8.56. The zero-order valence-corrected chi connectivity index (χ0v) is 8.56. The van der Waals surface area contributed by atoms with Gasteiger partial charge in [-0.15, -0.1) is 0 Å². The molecule has 7 heteroatoms. The molecule has 0 radical (unpaired) electrons. The maximum absolute atomic E-state index is 13.2. The number of anilines is 1. The number of fused-ring (bicyclic) bond motifs is 1. The van der Waals surface area contributed by atoms with Crippen molar-refractivity contribution in [3.8, 4) is 5.75 Å². The minimum Gasteiger partial charge on any atom is -0.425 e. The van der Waals surface area contributed by atoms with Crippen molar-refractivity contribution in [3.63, 3.8) is 0 Å². The highest BCUT2D eigenvalue weighted by Gasteiger charge is 2.67. The Morgan fingerprint density at radius 2 is 1.94 bits per heavy atom. The molecule has 0 aliphatic carbocycles. The van der Waals surface area contributed by atoms with Crippen LogP contribution in [0.4, 0.5) is 23.2 Å². The van der Waals surface area contributed by atoms with Crippen molar-refractivity contribution < 1.29 is 27.1 Å². The van der Waals surface area contributed by atoms with Crippen LogP contribution >= 0.6 is 0 Å². The van der Waals surface area contributed by atoms with Crippen LogP contribution in [0.2, 0.25) is 0 Å². The van der Waals surface area contributed by atoms with Gasteiger partial charge in [-0.1, -0.05) is 6.07 Å². The molecule has 0 unspecified atom stereocenters. The second-order valence-corrected chi connectivity index (χ2v) is 3.56. The zero-order chi connectivity index (χ0) is 12.8. The summed E-state index contributed by atoms with van der Waals surface area (Å²) in [5, 5.41) is 2.15. The molecule has 0 saturated carbocycles. The Labute approximate surface area is 93.4 Å². The standard InChI is InChI=1S/C10H7F4NO2/c1-5(16)15-7-4-2-3-6-8(7)17-10(13,14)9(6,11)12/h2-4H,1H3,(H,15,16). The SMILES string of the molecule is CC(=O)Nc1cccc2c1OC(F)(F)C2(F)F. The first-order valence-electron chi connectivity index (χ1n) is 4.61. The van der Waals surface area contributed by atoms with E-state index in [0.717, 1.165) is 19.1 Å². The third-order valence-corrected chi connectivity index (χ3v) is 2.26. The largest absolute Gasteiger partial charge is 0.469 e. The van der Waals surface area contributed by atoms with Crippen LogP contribution in [-0.2, 0) is 10.7 Å². The van der Waals surface area contributed by atoms with E-state index in [9.17, 15) is 22.4 Å².